The summed E-state index contributed by atoms with van der Waals surface area (Å²) < 4.78 is 4.13. The minimum atomic E-state index is -0.0679. The molecule has 0 aromatic carbocycles. The van der Waals surface area contributed by atoms with Crippen LogP contribution in [0, 0.1) is 5.92 Å². The molecule has 1 aromatic rings. The van der Waals surface area contributed by atoms with E-state index in [9.17, 15) is 9.59 Å². The van der Waals surface area contributed by atoms with Gasteiger partial charge < -0.3 is 10.2 Å². The summed E-state index contributed by atoms with van der Waals surface area (Å²) in [5, 5.41) is 5.06. The minimum Gasteiger partial charge on any atom is -0.345 e. The number of likely N-dealkylation sites (N-methyl/N-ethyl adjacent to an activating group) is 1. The molecule has 138 valence electrons. The molecule has 0 bridgehead atoms. The fraction of sp³-hybridized carbons (Fsp3) is 0.722. The summed E-state index contributed by atoms with van der Waals surface area (Å²) in [6.45, 7) is 3.65. The molecule has 2 heterocycles. The van der Waals surface area contributed by atoms with E-state index in [1.807, 2.05) is 29.3 Å². The van der Waals surface area contributed by atoms with Crippen molar-refractivity contribution in [1.82, 2.24) is 19.5 Å². The van der Waals surface area contributed by atoms with Gasteiger partial charge >= 0.3 is 0 Å². The molecule has 1 aliphatic carbocycles. The van der Waals surface area contributed by atoms with Crippen molar-refractivity contribution in [3.05, 3.63) is 17.1 Å². The molecule has 2 fully saturated rings. The van der Waals surface area contributed by atoms with Gasteiger partial charge in [-0.3, -0.25) is 14.5 Å². The Kier molecular flexibility index (Phi) is 5.43. The highest BCUT2D eigenvalue weighted by Gasteiger charge is 2.51. The van der Waals surface area contributed by atoms with Crippen LogP contribution in [0.2, 0.25) is 0 Å². The van der Waals surface area contributed by atoms with Crippen LogP contribution in [0.4, 0.5) is 0 Å². The SMILES string of the molecule is CCC(C(=O)N1CCC(C2(NC(=O)c3ccsn3)CC2)CC1)N(C)C. The highest BCUT2D eigenvalue weighted by Crippen LogP contribution is 2.46. The van der Waals surface area contributed by atoms with Gasteiger partial charge in [-0.15, -0.1) is 0 Å². The lowest BCUT2D eigenvalue weighted by Crippen LogP contribution is -2.52. The molecule has 1 saturated heterocycles. The van der Waals surface area contributed by atoms with E-state index in [0.29, 0.717) is 11.6 Å². The largest absolute Gasteiger partial charge is 0.345 e. The highest BCUT2D eigenvalue weighted by atomic mass is 32.1. The van der Waals surface area contributed by atoms with Crippen LogP contribution in [0.25, 0.3) is 0 Å². The average molecular weight is 365 g/mol. The number of nitrogens with one attached hydrogen (secondary N) is 1. The fourth-order valence-corrected chi connectivity index (χ4v) is 4.52. The van der Waals surface area contributed by atoms with Crippen molar-refractivity contribution in [2.75, 3.05) is 27.2 Å². The van der Waals surface area contributed by atoms with Gasteiger partial charge in [0, 0.05) is 24.0 Å². The quantitative estimate of drug-likeness (QED) is 0.838. The summed E-state index contributed by atoms with van der Waals surface area (Å²) in [7, 11) is 3.93. The lowest BCUT2D eigenvalue weighted by atomic mass is 9.86. The zero-order chi connectivity index (χ0) is 18.0. The van der Waals surface area contributed by atoms with E-state index in [1.54, 1.807) is 6.07 Å². The van der Waals surface area contributed by atoms with Crippen molar-refractivity contribution >= 4 is 23.3 Å². The van der Waals surface area contributed by atoms with Crippen LogP contribution in [0.15, 0.2) is 11.4 Å². The predicted molar refractivity (Wildman–Crippen MR) is 98.6 cm³/mol. The maximum absolute atomic E-state index is 12.7. The molecule has 0 radical (unpaired) electrons. The minimum absolute atomic E-state index is 0.0317. The smallest absolute Gasteiger partial charge is 0.271 e. The molecule has 1 N–H and O–H groups in total. The van der Waals surface area contributed by atoms with E-state index >= 15 is 0 Å². The summed E-state index contributed by atoms with van der Waals surface area (Å²) in [6.07, 6.45) is 4.84. The average Bonchev–Trinajstić information content (AvgIpc) is 3.16. The predicted octanol–water partition coefficient (Wildman–Crippen LogP) is 1.98. The van der Waals surface area contributed by atoms with E-state index in [2.05, 4.69) is 16.6 Å². The van der Waals surface area contributed by atoms with Gasteiger partial charge in [0.1, 0.15) is 5.69 Å². The number of amides is 2. The first-order valence-electron chi connectivity index (χ1n) is 9.15. The lowest BCUT2D eigenvalue weighted by molar-refractivity contribution is -0.137. The third-order valence-corrected chi connectivity index (χ3v) is 6.26. The van der Waals surface area contributed by atoms with Crippen molar-refractivity contribution in [3.63, 3.8) is 0 Å². The molecule has 1 atom stereocenters. The third-order valence-electron chi connectivity index (χ3n) is 5.70. The van der Waals surface area contributed by atoms with E-state index in [-0.39, 0.29) is 23.4 Å². The maximum Gasteiger partial charge on any atom is 0.271 e. The Labute approximate surface area is 153 Å². The summed E-state index contributed by atoms with van der Waals surface area (Å²) in [5.41, 5.74) is 0.447. The van der Waals surface area contributed by atoms with Gasteiger partial charge in [0.2, 0.25) is 5.91 Å². The van der Waals surface area contributed by atoms with Crippen molar-refractivity contribution in [2.45, 2.75) is 50.6 Å². The van der Waals surface area contributed by atoms with Gasteiger partial charge in [-0.2, -0.15) is 4.37 Å². The van der Waals surface area contributed by atoms with Crippen molar-refractivity contribution in [3.8, 4) is 0 Å². The Bertz CT molecular complexity index is 605. The molecular formula is C18H28N4O2S. The topological polar surface area (TPSA) is 65.5 Å². The maximum atomic E-state index is 12.7. The highest BCUT2D eigenvalue weighted by molar-refractivity contribution is 7.03. The monoisotopic (exact) mass is 364 g/mol. The first kappa shape index (κ1) is 18.3. The van der Waals surface area contributed by atoms with E-state index in [4.69, 9.17) is 0 Å². The second-order valence-electron chi connectivity index (χ2n) is 7.48. The zero-order valence-electron chi connectivity index (χ0n) is 15.3. The van der Waals surface area contributed by atoms with Crippen LogP contribution in [0.5, 0.6) is 0 Å². The molecular weight excluding hydrogens is 336 g/mol. The zero-order valence-corrected chi connectivity index (χ0v) is 16.1. The van der Waals surface area contributed by atoms with Gasteiger partial charge in [-0.1, -0.05) is 6.92 Å². The van der Waals surface area contributed by atoms with Crippen molar-refractivity contribution in [1.29, 1.82) is 0 Å². The molecule has 1 aromatic heterocycles. The van der Waals surface area contributed by atoms with Crippen molar-refractivity contribution < 1.29 is 9.59 Å². The van der Waals surface area contributed by atoms with Crippen LogP contribution >= 0.6 is 11.5 Å². The van der Waals surface area contributed by atoms with Crippen molar-refractivity contribution in [2.24, 2.45) is 5.92 Å². The number of hydrogen-bond acceptors (Lipinski definition) is 5. The Balaban J connectivity index is 1.55. The standard InChI is InChI=1S/C18H28N4O2S/c1-4-15(21(2)3)17(24)22-10-5-13(6-11-22)18(8-9-18)19-16(23)14-7-12-25-20-14/h7,12-13,15H,4-6,8-11H2,1-3H3,(H,19,23). The molecule has 7 heteroatoms. The Morgan fingerprint density at radius 3 is 2.56 bits per heavy atom. The van der Waals surface area contributed by atoms with E-state index in [1.165, 1.54) is 11.5 Å². The van der Waals surface area contributed by atoms with Crippen LogP contribution in [0.1, 0.15) is 49.5 Å². The molecule has 1 aliphatic heterocycles. The molecule has 6 nitrogen and oxygen atoms in total. The van der Waals surface area contributed by atoms with Gasteiger partial charge in [-0.05, 0) is 69.7 Å². The van der Waals surface area contributed by atoms with E-state index in [0.717, 1.165) is 45.2 Å². The van der Waals surface area contributed by atoms with Crippen LogP contribution in [-0.4, -0.2) is 64.8 Å². The second-order valence-corrected chi connectivity index (χ2v) is 8.15. The Hall–Kier alpha value is -1.47. The van der Waals surface area contributed by atoms with Crippen LogP contribution in [-0.2, 0) is 4.79 Å². The number of nitrogens with zero attached hydrogens (tertiary/aromatic N) is 3. The van der Waals surface area contributed by atoms with E-state index < -0.39 is 0 Å². The second kappa shape index (κ2) is 7.41. The molecule has 25 heavy (non-hydrogen) atoms. The van der Waals surface area contributed by atoms with Crippen LogP contribution in [0.3, 0.4) is 0 Å². The number of aromatic nitrogens is 1. The fourth-order valence-electron chi connectivity index (χ4n) is 4.01. The number of carbonyl (C=O) groups excluding carboxylic acids is 2. The first-order chi connectivity index (χ1) is 12.0. The number of likely N-dealkylation sites (tertiary alicyclic amines) is 1. The number of carbonyl (C=O) groups is 2. The van der Waals surface area contributed by atoms with Gasteiger partial charge in [-0.25, -0.2) is 0 Å². The molecule has 1 unspecified atom stereocenters. The number of rotatable bonds is 6. The summed E-state index contributed by atoms with van der Waals surface area (Å²) in [6, 6.07) is 1.74. The normalized spacial score (nSPS) is 21.2. The summed E-state index contributed by atoms with van der Waals surface area (Å²) in [5.74, 6) is 0.636. The Morgan fingerprint density at radius 1 is 1.40 bits per heavy atom. The molecule has 1 saturated carbocycles. The molecule has 3 rings (SSSR count). The lowest BCUT2D eigenvalue weighted by Gasteiger charge is -2.38. The molecule has 0 spiro atoms. The number of hydrogen-bond donors (Lipinski definition) is 1. The number of piperidine rings is 1. The van der Waals surface area contributed by atoms with Gasteiger partial charge in [0.25, 0.3) is 5.91 Å². The third kappa shape index (κ3) is 3.87. The Morgan fingerprint density at radius 2 is 2.08 bits per heavy atom. The van der Waals surface area contributed by atoms with Gasteiger partial charge in [0.15, 0.2) is 0 Å². The van der Waals surface area contributed by atoms with Crippen LogP contribution < -0.4 is 5.32 Å². The van der Waals surface area contributed by atoms with Gasteiger partial charge in [0.05, 0.1) is 6.04 Å². The molecule has 2 amide bonds. The first-order valence-corrected chi connectivity index (χ1v) is 9.98. The summed E-state index contributed by atoms with van der Waals surface area (Å²) >= 11 is 1.30. The summed E-state index contributed by atoms with van der Waals surface area (Å²) in [4.78, 5) is 29.0. The molecule has 2 aliphatic rings.